The van der Waals surface area contributed by atoms with Crippen molar-refractivity contribution >= 4 is 5.91 Å². The van der Waals surface area contributed by atoms with E-state index >= 15 is 0 Å². The molecule has 0 bridgehead atoms. The molecule has 0 aliphatic carbocycles. The topological polar surface area (TPSA) is 58.4 Å². The number of carbonyl (C=O) groups is 1. The maximum absolute atomic E-state index is 11.4. The van der Waals surface area contributed by atoms with Crippen LogP contribution in [0.5, 0.6) is 0 Å². The molecule has 0 rings (SSSR count). The molecule has 0 radical (unpaired) electrons. The van der Waals surface area contributed by atoms with Crippen molar-refractivity contribution in [3.63, 3.8) is 0 Å². The van der Waals surface area contributed by atoms with Crippen molar-refractivity contribution in [2.45, 2.75) is 38.5 Å². The Morgan fingerprint density at radius 3 is 2.44 bits per heavy atom. The molecule has 0 aliphatic rings. The fraction of sp³-hybridized carbons (Fsp3) is 0.917. The SMILES string of the molecule is CN(C)CCCC(=O)NCCCCCCN. The summed E-state index contributed by atoms with van der Waals surface area (Å²) in [7, 11) is 4.05. The predicted molar refractivity (Wildman–Crippen MR) is 68.3 cm³/mol. The van der Waals surface area contributed by atoms with Gasteiger partial charge in [-0.25, -0.2) is 0 Å². The zero-order valence-corrected chi connectivity index (χ0v) is 10.8. The fourth-order valence-electron chi connectivity index (χ4n) is 1.49. The van der Waals surface area contributed by atoms with Crippen molar-refractivity contribution in [1.82, 2.24) is 10.2 Å². The Kier molecular flexibility index (Phi) is 10.5. The van der Waals surface area contributed by atoms with E-state index in [0.29, 0.717) is 6.42 Å². The molecule has 0 spiro atoms. The third-order valence-corrected chi connectivity index (χ3v) is 2.46. The van der Waals surface area contributed by atoms with Gasteiger partial charge in [-0.15, -0.1) is 0 Å². The van der Waals surface area contributed by atoms with Gasteiger partial charge in [0.05, 0.1) is 0 Å². The predicted octanol–water partition coefficient (Wildman–Crippen LogP) is 0.964. The van der Waals surface area contributed by atoms with E-state index in [2.05, 4.69) is 10.2 Å². The maximum atomic E-state index is 11.4. The molecule has 1 amide bonds. The minimum absolute atomic E-state index is 0.181. The molecule has 0 saturated carbocycles. The lowest BCUT2D eigenvalue weighted by Crippen LogP contribution is -2.25. The fourth-order valence-corrected chi connectivity index (χ4v) is 1.49. The number of unbranched alkanes of at least 4 members (excludes halogenated alkanes) is 3. The molecule has 0 atom stereocenters. The second-order valence-electron chi connectivity index (χ2n) is 4.46. The molecule has 0 saturated heterocycles. The Morgan fingerprint density at radius 2 is 1.81 bits per heavy atom. The van der Waals surface area contributed by atoms with E-state index in [4.69, 9.17) is 5.73 Å². The first-order chi connectivity index (χ1) is 7.66. The summed E-state index contributed by atoms with van der Waals surface area (Å²) in [6.07, 6.45) is 6.07. The molecule has 4 nitrogen and oxygen atoms in total. The smallest absolute Gasteiger partial charge is 0.220 e. The largest absolute Gasteiger partial charge is 0.356 e. The summed E-state index contributed by atoms with van der Waals surface area (Å²) in [6.45, 7) is 2.56. The third kappa shape index (κ3) is 11.5. The highest BCUT2D eigenvalue weighted by atomic mass is 16.1. The minimum atomic E-state index is 0.181. The van der Waals surface area contributed by atoms with Gasteiger partial charge in [0.15, 0.2) is 0 Å². The van der Waals surface area contributed by atoms with E-state index in [0.717, 1.165) is 45.3 Å². The average molecular weight is 229 g/mol. The van der Waals surface area contributed by atoms with Crippen molar-refractivity contribution in [3.05, 3.63) is 0 Å². The normalized spacial score (nSPS) is 10.8. The summed E-state index contributed by atoms with van der Waals surface area (Å²) in [5.74, 6) is 0.181. The van der Waals surface area contributed by atoms with Crippen molar-refractivity contribution in [1.29, 1.82) is 0 Å². The summed E-state index contributed by atoms with van der Waals surface area (Å²) in [6, 6.07) is 0. The van der Waals surface area contributed by atoms with Crippen LogP contribution in [0.2, 0.25) is 0 Å². The molecule has 0 aromatic heterocycles. The maximum Gasteiger partial charge on any atom is 0.220 e. The molecule has 0 heterocycles. The Bertz CT molecular complexity index is 172. The van der Waals surface area contributed by atoms with Gasteiger partial charge < -0.3 is 16.0 Å². The Balaban J connectivity index is 3.17. The monoisotopic (exact) mass is 229 g/mol. The molecule has 96 valence electrons. The first-order valence-electron chi connectivity index (χ1n) is 6.28. The Morgan fingerprint density at radius 1 is 1.12 bits per heavy atom. The number of hydrogen-bond acceptors (Lipinski definition) is 3. The van der Waals surface area contributed by atoms with Crippen LogP contribution < -0.4 is 11.1 Å². The highest BCUT2D eigenvalue weighted by Crippen LogP contribution is 1.97. The molecule has 0 aromatic carbocycles. The highest BCUT2D eigenvalue weighted by molar-refractivity contribution is 5.75. The number of amides is 1. The quantitative estimate of drug-likeness (QED) is 0.549. The number of rotatable bonds is 10. The number of nitrogens with zero attached hydrogens (tertiary/aromatic N) is 1. The third-order valence-electron chi connectivity index (χ3n) is 2.46. The summed E-state index contributed by atoms with van der Waals surface area (Å²) >= 11 is 0. The van der Waals surface area contributed by atoms with Crippen LogP contribution in [0.4, 0.5) is 0 Å². The van der Waals surface area contributed by atoms with Crippen molar-refractivity contribution in [3.8, 4) is 0 Å². The van der Waals surface area contributed by atoms with Gasteiger partial charge in [0.25, 0.3) is 0 Å². The molecular weight excluding hydrogens is 202 g/mol. The van der Waals surface area contributed by atoms with Crippen molar-refractivity contribution in [2.75, 3.05) is 33.7 Å². The first-order valence-corrected chi connectivity index (χ1v) is 6.28. The number of carbonyl (C=O) groups excluding carboxylic acids is 1. The standard InChI is InChI=1S/C12H27N3O/c1-15(2)11-7-8-12(16)14-10-6-4-3-5-9-13/h3-11,13H2,1-2H3,(H,14,16). The van der Waals surface area contributed by atoms with E-state index < -0.39 is 0 Å². The zero-order valence-electron chi connectivity index (χ0n) is 10.8. The van der Waals surface area contributed by atoms with Gasteiger partial charge in [-0.05, 0) is 46.4 Å². The lowest BCUT2D eigenvalue weighted by molar-refractivity contribution is -0.121. The summed E-state index contributed by atoms with van der Waals surface area (Å²) in [4.78, 5) is 13.5. The van der Waals surface area contributed by atoms with E-state index in [-0.39, 0.29) is 5.91 Å². The van der Waals surface area contributed by atoms with Crippen LogP contribution in [0.1, 0.15) is 38.5 Å². The van der Waals surface area contributed by atoms with Gasteiger partial charge in [0.2, 0.25) is 5.91 Å². The van der Waals surface area contributed by atoms with E-state index in [1.807, 2.05) is 14.1 Å². The van der Waals surface area contributed by atoms with Crippen LogP contribution in [0.3, 0.4) is 0 Å². The molecular formula is C12H27N3O. The Labute approximate surface area is 99.6 Å². The summed E-state index contributed by atoms with van der Waals surface area (Å²) in [5.41, 5.74) is 5.40. The van der Waals surface area contributed by atoms with Gasteiger partial charge in [-0.2, -0.15) is 0 Å². The van der Waals surface area contributed by atoms with Crippen LogP contribution in [-0.2, 0) is 4.79 Å². The number of nitrogens with two attached hydrogens (primary N) is 1. The van der Waals surface area contributed by atoms with E-state index in [9.17, 15) is 4.79 Å². The zero-order chi connectivity index (χ0) is 12.2. The molecule has 0 fully saturated rings. The molecule has 0 aromatic rings. The lowest BCUT2D eigenvalue weighted by Gasteiger charge is -2.09. The van der Waals surface area contributed by atoms with E-state index in [1.165, 1.54) is 6.42 Å². The second kappa shape index (κ2) is 10.9. The molecule has 3 N–H and O–H groups in total. The summed E-state index contributed by atoms with van der Waals surface area (Å²) in [5, 5.41) is 2.94. The highest BCUT2D eigenvalue weighted by Gasteiger charge is 2.00. The molecule has 0 aliphatic heterocycles. The van der Waals surface area contributed by atoms with Crippen molar-refractivity contribution < 1.29 is 4.79 Å². The Hall–Kier alpha value is -0.610. The van der Waals surface area contributed by atoms with E-state index in [1.54, 1.807) is 0 Å². The van der Waals surface area contributed by atoms with Crippen LogP contribution in [0.15, 0.2) is 0 Å². The van der Waals surface area contributed by atoms with Crippen LogP contribution >= 0.6 is 0 Å². The van der Waals surface area contributed by atoms with Gasteiger partial charge in [0.1, 0.15) is 0 Å². The van der Waals surface area contributed by atoms with Crippen molar-refractivity contribution in [2.24, 2.45) is 5.73 Å². The second-order valence-corrected chi connectivity index (χ2v) is 4.46. The lowest BCUT2D eigenvalue weighted by atomic mass is 10.2. The average Bonchev–Trinajstić information content (AvgIpc) is 2.22. The molecule has 0 unspecified atom stereocenters. The van der Waals surface area contributed by atoms with Crippen LogP contribution in [0.25, 0.3) is 0 Å². The van der Waals surface area contributed by atoms with Crippen LogP contribution in [-0.4, -0.2) is 44.5 Å². The first kappa shape index (κ1) is 15.4. The van der Waals surface area contributed by atoms with Gasteiger partial charge in [-0.1, -0.05) is 12.8 Å². The minimum Gasteiger partial charge on any atom is -0.356 e. The summed E-state index contributed by atoms with van der Waals surface area (Å²) < 4.78 is 0. The molecule has 4 heteroatoms. The number of hydrogen-bond donors (Lipinski definition) is 2. The van der Waals surface area contributed by atoms with Gasteiger partial charge in [0, 0.05) is 13.0 Å². The van der Waals surface area contributed by atoms with Gasteiger partial charge in [-0.3, -0.25) is 4.79 Å². The number of nitrogens with one attached hydrogen (secondary N) is 1. The van der Waals surface area contributed by atoms with Gasteiger partial charge >= 0.3 is 0 Å². The molecule has 16 heavy (non-hydrogen) atoms. The van der Waals surface area contributed by atoms with Crippen LogP contribution in [0, 0.1) is 0 Å².